The van der Waals surface area contributed by atoms with Crippen LogP contribution in [0.25, 0.3) is 0 Å². The topological polar surface area (TPSA) is 15.3 Å². The summed E-state index contributed by atoms with van der Waals surface area (Å²) < 4.78 is 0. The molecule has 1 saturated heterocycles. The van der Waals surface area contributed by atoms with Crippen molar-refractivity contribution in [3.05, 3.63) is 5.92 Å². The summed E-state index contributed by atoms with van der Waals surface area (Å²) in [6.07, 6.45) is 1.31. The molecule has 1 heterocycles. The van der Waals surface area contributed by atoms with Crippen LogP contribution in [-0.4, -0.2) is 37.6 Å². The van der Waals surface area contributed by atoms with Gasteiger partial charge in [-0.1, -0.05) is 13.8 Å². The first-order valence-electron chi connectivity index (χ1n) is 4.41. The summed E-state index contributed by atoms with van der Waals surface area (Å²) in [6, 6.07) is 0.731. The van der Waals surface area contributed by atoms with Crippen molar-refractivity contribution in [3.63, 3.8) is 0 Å². The van der Waals surface area contributed by atoms with Crippen molar-refractivity contribution >= 4 is 0 Å². The fourth-order valence-electron chi connectivity index (χ4n) is 1.66. The number of hydrogen-bond donors (Lipinski definition) is 1. The number of likely N-dealkylation sites (tertiary alicyclic amines) is 1. The average molecular weight is 155 g/mol. The molecule has 0 aromatic rings. The van der Waals surface area contributed by atoms with Crippen LogP contribution in [0.5, 0.6) is 0 Å². The average Bonchev–Trinajstić information content (AvgIpc) is 2.34. The van der Waals surface area contributed by atoms with E-state index in [-0.39, 0.29) is 0 Å². The molecule has 0 aromatic carbocycles. The van der Waals surface area contributed by atoms with Crippen molar-refractivity contribution < 1.29 is 0 Å². The van der Waals surface area contributed by atoms with Crippen molar-refractivity contribution in [2.75, 3.05) is 26.7 Å². The lowest BCUT2D eigenvalue weighted by molar-refractivity contribution is 0.342. The Morgan fingerprint density at radius 1 is 1.55 bits per heavy atom. The summed E-state index contributed by atoms with van der Waals surface area (Å²) in [5, 5.41) is 3.32. The van der Waals surface area contributed by atoms with E-state index in [4.69, 9.17) is 0 Å². The third-order valence-electron chi connectivity index (χ3n) is 2.22. The molecule has 0 saturated carbocycles. The summed E-state index contributed by atoms with van der Waals surface area (Å²) in [4.78, 5) is 2.51. The standard InChI is InChI=1S/C9H19N2/c1-8(2)6-11-5-4-9(7-11)10-3/h9-10H,4-7H2,1-3H3/t9-/m1/s1. The Labute approximate surface area is 70.0 Å². The summed E-state index contributed by atoms with van der Waals surface area (Å²) in [6.45, 7) is 8.07. The summed E-state index contributed by atoms with van der Waals surface area (Å²) in [5.74, 6) is 1.52. The highest BCUT2D eigenvalue weighted by Crippen LogP contribution is 2.11. The SMILES string of the molecule is CN[C@@H]1CCN(C[C](C)C)C1. The molecule has 0 aromatic heterocycles. The minimum Gasteiger partial charge on any atom is -0.316 e. The van der Waals surface area contributed by atoms with Crippen LogP contribution in [0, 0.1) is 5.92 Å². The van der Waals surface area contributed by atoms with E-state index in [0.29, 0.717) is 0 Å². The molecule has 1 rings (SSSR count). The van der Waals surface area contributed by atoms with Crippen LogP contribution in [0.4, 0.5) is 0 Å². The zero-order chi connectivity index (χ0) is 8.27. The number of nitrogens with zero attached hydrogens (tertiary/aromatic N) is 1. The van der Waals surface area contributed by atoms with Crippen LogP contribution in [-0.2, 0) is 0 Å². The monoisotopic (exact) mass is 155 g/mol. The van der Waals surface area contributed by atoms with Crippen LogP contribution >= 0.6 is 0 Å². The second kappa shape index (κ2) is 4.07. The lowest BCUT2D eigenvalue weighted by atomic mass is 10.2. The van der Waals surface area contributed by atoms with Crippen molar-refractivity contribution in [2.45, 2.75) is 26.3 Å². The van der Waals surface area contributed by atoms with Crippen molar-refractivity contribution in [1.82, 2.24) is 10.2 Å². The van der Waals surface area contributed by atoms with Crippen LogP contribution in [0.15, 0.2) is 0 Å². The minimum absolute atomic E-state index is 0.731. The van der Waals surface area contributed by atoms with E-state index < -0.39 is 0 Å². The highest BCUT2D eigenvalue weighted by atomic mass is 15.2. The van der Waals surface area contributed by atoms with Gasteiger partial charge in [0.2, 0.25) is 0 Å². The van der Waals surface area contributed by atoms with Gasteiger partial charge in [-0.05, 0) is 25.9 Å². The van der Waals surface area contributed by atoms with Crippen molar-refractivity contribution in [1.29, 1.82) is 0 Å². The summed E-state index contributed by atoms with van der Waals surface area (Å²) in [7, 11) is 2.05. The van der Waals surface area contributed by atoms with Gasteiger partial charge in [-0.2, -0.15) is 0 Å². The largest absolute Gasteiger partial charge is 0.316 e. The van der Waals surface area contributed by atoms with E-state index in [1.165, 1.54) is 32.0 Å². The molecule has 2 heteroatoms. The van der Waals surface area contributed by atoms with Gasteiger partial charge in [0.1, 0.15) is 0 Å². The van der Waals surface area contributed by atoms with E-state index in [2.05, 4.69) is 31.1 Å². The molecular weight excluding hydrogens is 136 g/mol. The molecule has 0 unspecified atom stereocenters. The fraction of sp³-hybridized carbons (Fsp3) is 0.889. The molecule has 0 aliphatic carbocycles. The molecule has 1 aliphatic rings. The Morgan fingerprint density at radius 3 is 2.73 bits per heavy atom. The smallest absolute Gasteiger partial charge is 0.0204 e. The second-order valence-electron chi connectivity index (χ2n) is 3.72. The van der Waals surface area contributed by atoms with E-state index in [1.54, 1.807) is 0 Å². The van der Waals surface area contributed by atoms with Gasteiger partial charge >= 0.3 is 0 Å². The van der Waals surface area contributed by atoms with E-state index >= 15 is 0 Å². The van der Waals surface area contributed by atoms with Gasteiger partial charge in [0.15, 0.2) is 0 Å². The zero-order valence-electron chi connectivity index (χ0n) is 7.85. The van der Waals surface area contributed by atoms with Gasteiger partial charge in [-0.15, -0.1) is 0 Å². The van der Waals surface area contributed by atoms with Gasteiger partial charge in [0.25, 0.3) is 0 Å². The molecular formula is C9H19N2. The Balaban J connectivity index is 2.19. The van der Waals surface area contributed by atoms with Crippen molar-refractivity contribution in [3.8, 4) is 0 Å². The predicted molar refractivity (Wildman–Crippen MR) is 48.5 cm³/mol. The maximum absolute atomic E-state index is 3.32. The number of nitrogens with one attached hydrogen (secondary N) is 1. The molecule has 1 N–H and O–H groups in total. The lowest BCUT2D eigenvalue weighted by Crippen LogP contribution is -2.31. The zero-order valence-corrected chi connectivity index (χ0v) is 7.85. The van der Waals surface area contributed by atoms with Gasteiger partial charge < -0.3 is 10.2 Å². The van der Waals surface area contributed by atoms with Crippen LogP contribution in [0.2, 0.25) is 0 Å². The number of hydrogen-bond acceptors (Lipinski definition) is 2. The van der Waals surface area contributed by atoms with Crippen LogP contribution in [0.1, 0.15) is 20.3 Å². The van der Waals surface area contributed by atoms with E-state index in [9.17, 15) is 0 Å². The molecule has 2 nitrogen and oxygen atoms in total. The molecule has 1 aliphatic heterocycles. The van der Waals surface area contributed by atoms with E-state index in [1.807, 2.05) is 0 Å². The van der Waals surface area contributed by atoms with E-state index in [0.717, 1.165) is 6.04 Å². The molecule has 0 amide bonds. The van der Waals surface area contributed by atoms with Crippen molar-refractivity contribution in [2.24, 2.45) is 0 Å². The maximum atomic E-state index is 3.32. The summed E-state index contributed by atoms with van der Waals surface area (Å²) in [5.41, 5.74) is 0. The number of rotatable bonds is 3. The normalized spacial score (nSPS) is 26.7. The van der Waals surface area contributed by atoms with Gasteiger partial charge in [0.05, 0.1) is 0 Å². The Kier molecular flexibility index (Phi) is 3.34. The maximum Gasteiger partial charge on any atom is 0.0204 e. The van der Waals surface area contributed by atoms with Gasteiger partial charge in [0, 0.05) is 19.1 Å². The quantitative estimate of drug-likeness (QED) is 0.651. The Hall–Kier alpha value is -0.0800. The summed E-state index contributed by atoms with van der Waals surface area (Å²) >= 11 is 0. The highest BCUT2D eigenvalue weighted by Gasteiger charge is 2.20. The molecule has 65 valence electrons. The molecule has 0 spiro atoms. The third-order valence-corrected chi connectivity index (χ3v) is 2.22. The number of likely N-dealkylation sites (N-methyl/N-ethyl adjacent to an activating group) is 1. The third kappa shape index (κ3) is 2.80. The van der Waals surface area contributed by atoms with Crippen LogP contribution < -0.4 is 5.32 Å². The highest BCUT2D eigenvalue weighted by molar-refractivity contribution is 4.87. The second-order valence-corrected chi connectivity index (χ2v) is 3.72. The molecule has 0 bridgehead atoms. The molecule has 1 fully saturated rings. The predicted octanol–water partition coefficient (Wildman–Crippen LogP) is 0.894. The van der Waals surface area contributed by atoms with Gasteiger partial charge in [-0.3, -0.25) is 0 Å². The molecule has 1 radical (unpaired) electrons. The first-order valence-corrected chi connectivity index (χ1v) is 4.41. The molecule has 1 atom stereocenters. The molecule has 11 heavy (non-hydrogen) atoms. The first-order chi connectivity index (χ1) is 5.22. The Morgan fingerprint density at radius 2 is 2.27 bits per heavy atom. The Bertz CT molecular complexity index is 112. The first kappa shape index (κ1) is 9.01. The van der Waals surface area contributed by atoms with Gasteiger partial charge in [-0.25, -0.2) is 0 Å². The fourth-order valence-corrected chi connectivity index (χ4v) is 1.66. The minimum atomic E-state index is 0.731. The lowest BCUT2D eigenvalue weighted by Gasteiger charge is -2.17. The van der Waals surface area contributed by atoms with Crippen LogP contribution in [0.3, 0.4) is 0 Å².